The van der Waals surface area contributed by atoms with Crippen molar-refractivity contribution in [3.05, 3.63) is 24.2 Å². The molecule has 1 aliphatic heterocycles. The van der Waals surface area contributed by atoms with Crippen LogP contribution in [0.2, 0.25) is 0 Å². The fourth-order valence-electron chi connectivity index (χ4n) is 2.70. The van der Waals surface area contributed by atoms with Crippen molar-refractivity contribution in [2.45, 2.75) is 19.0 Å². The highest BCUT2D eigenvalue weighted by molar-refractivity contribution is 5.69. The Balaban J connectivity index is 2.00. The molecule has 3 heterocycles. The van der Waals surface area contributed by atoms with Crippen LogP contribution < -0.4 is 4.90 Å². The maximum Gasteiger partial charge on any atom is 0.435 e. The highest BCUT2D eigenvalue weighted by atomic mass is 19.4. The topological polar surface area (TPSA) is 53.7 Å². The maximum absolute atomic E-state index is 12.8. The monoisotopic (exact) mass is 300 g/mol. The van der Waals surface area contributed by atoms with Crippen LogP contribution >= 0.6 is 0 Å². The van der Waals surface area contributed by atoms with Gasteiger partial charge in [0.15, 0.2) is 11.5 Å². The van der Waals surface area contributed by atoms with E-state index in [1.807, 2.05) is 4.90 Å². The highest BCUT2D eigenvalue weighted by Crippen LogP contribution is 2.31. The van der Waals surface area contributed by atoms with Gasteiger partial charge in [-0.2, -0.15) is 18.3 Å². The summed E-state index contributed by atoms with van der Waals surface area (Å²) in [4.78, 5) is 6.13. The number of hydrogen-bond acceptors (Lipinski definition) is 4. The van der Waals surface area contributed by atoms with E-state index in [4.69, 9.17) is 0 Å². The van der Waals surface area contributed by atoms with Crippen LogP contribution in [0, 0.1) is 5.92 Å². The van der Waals surface area contributed by atoms with Crippen LogP contribution in [0.1, 0.15) is 18.5 Å². The van der Waals surface area contributed by atoms with Crippen molar-refractivity contribution in [3.63, 3.8) is 0 Å². The first kappa shape index (κ1) is 14.1. The lowest BCUT2D eigenvalue weighted by Crippen LogP contribution is -2.37. The second-order valence-electron chi connectivity index (χ2n) is 5.24. The minimum absolute atomic E-state index is 0.0761. The molecule has 21 heavy (non-hydrogen) atoms. The van der Waals surface area contributed by atoms with Crippen LogP contribution in [0.25, 0.3) is 5.52 Å². The Bertz CT molecular complexity index is 640. The standard InChI is InChI=1S/C13H15F3N4O/c14-13(15,16)11-6-10-12(17-3-5-20(10)18-11)19-4-1-2-9(7-19)8-21/h3,5-6,9,21H,1-2,4,7-8H2. The lowest BCUT2D eigenvalue weighted by molar-refractivity contribution is -0.141. The van der Waals surface area contributed by atoms with Crippen LogP contribution in [0.15, 0.2) is 18.5 Å². The molecule has 1 fully saturated rings. The summed E-state index contributed by atoms with van der Waals surface area (Å²) >= 11 is 0. The zero-order chi connectivity index (χ0) is 15.0. The van der Waals surface area contributed by atoms with E-state index in [-0.39, 0.29) is 12.5 Å². The first-order valence-corrected chi connectivity index (χ1v) is 6.76. The van der Waals surface area contributed by atoms with Crippen molar-refractivity contribution in [3.8, 4) is 0 Å². The molecule has 3 rings (SSSR count). The second kappa shape index (κ2) is 5.18. The van der Waals surface area contributed by atoms with E-state index >= 15 is 0 Å². The molecule has 0 amide bonds. The van der Waals surface area contributed by atoms with Crippen molar-refractivity contribution in [2.24, 2.45) is 5.92 Å². The molecule has 0 radical (unpaired) electrons. The fraction of sp³-hybridized carbons (Fsp3) is 0.538. The summed E-state index contributed by atoms with van der Waals surface area (Å²) < 4.78 is 39.5. The lowest BCUT2D eigenvalue weighted by Gasteiger charge is -2.32. The van der Waals surface area contributed by atoms with Crippen molar-refractivity contribution < 1.29 is 18.3 Å². The van der Waals surface area contributed by atoms with E-state index in [9.17, 15) is 18.3 Å². The second-order valence-corrected chi connectivity index (χ2v) is 5.24. The van der Waals surface area contributed by atoms with Gasteiger partial charge in [0.25, 0.3) is 0 Å². The number of fused-ring (bicyclic) bond motifs is 1. The largest absolute Gasteiger partial charge is 0.435 e. The molecule has 114 valence electrons. The summed E-state index contributed by atoms with van der Waals surface area (Å²) in [5.74, 6) is 0.615. The third-order valence-electron chi connectivity index (χ3n) is 3.74. The summed E-state index contributed by atoms with van der Waals surface area (Å²) in [7, 11) is 0. The van der Waals surface area contributed by atoms with E-state index in [0.717, 1.165) is 25.5 Å². The smallest absolute Gasteiger partial charge is 0.396 e. The molecule has 1 N–H and O–H groups in total. The van der Waals surface area contributed by atoms with Crippen molar-refractivity contribution in [2.75, 3.05) is 24.6 Å². The molecule has 0 saturated carbocycles. The summed E-state index contributed by atoms with van der Waals surface area (Å²) in [5.41, 5.74) is -0.587. The number of alkyl halides is 3. The molecule has 0 spiro atoms. The normalized spacial score (nSPS) is 20.2. The van der Waals surface area contributed by atoms with E-state index in [2.05, 4.69) is 10.1 Å². The molecule has 1 atom stereocenters. The molecule has 0 aromatic carbocycles. The lowest BCUT2D eigenvalue weighted by atomic mass is 9.99. The van der Waals surface area contributed by atoms with E-state index in [0.29, 0.717) is 17.9 Å². The number of piperidine rings is 1. The van der Waals surface area contributed by atoms with Gasteiger partial charge in [0.1, 0.15) is 5.52 Å². The van der Waals surface area contributed by atoms with Gasteiger partial charge in [-0.05, 0) is 18.8 Å². The van der Waals surface area contributed by atoms with Crippen LogP contribution in [0.4, 0.5) is 19.0 Å². The van der Waals surface area contributed by atoms with E-state index in [1.54, 1.807) is 0 Å². The zero-order valence-electron chi connectivity index (χ0n) is 11.2. The van der Waals surface area contributed by atoms with Crippen LogP contribution in [0.5, 0.6) is 0 Å². The number of aromatic nitrogens is 3. The number of rotatable bonds is 2. The quantitative estimate of drug-likeness (QED) is 0.921. The summed E-state index contributed by atoms with van der Waals surface area (Å²) in [6.07, 6.45) is 0.176. The molecule has 1 unspecified atom stereocenters. The Kier molecular flexibility index (Phi) is 3.48. The Hall–Kier alpha value is -1.83. The first-order chi connectivity index (χ1) is 9.99. The van der Waals surface area contributed by atoms with Crippen LogP contribution in [0.3, 0.4) is 0 Å². The van der Waals surface area contributed by atoms with Gasteiger partial charge in [-0.1, -0.05) is 0 Å². The van der Waals surface area contributed by atoms with Gasteiger partial charge in [-0.25, -0.2) is 9.50 Å². The van der Waals surface area contributed by atoms with Gasteiger partial charge < -0.3 is 10.0 Å². The van der Waals surface area contributed by atoms with Gasteiger partial charge in [-0.15, -0.1) is 0 Å². The van der Waals surface area contributed by atoms with E-state index in [1.165, 1.54) is 16.9 Å². The Morgan fingerprint density at radius 2 is 2.19 bits per heavy atom. The summed E-state index contributed by atoms with van der Waals surface area (Å²) in [6.45, 7) is 1.39. The fourth-order valence-corrected chi connectivity index (χ4v) is 2.70. The Morgan fingerprint density at radius 1 is 1.38 bits per heavy atom. The van der Waals surface area contributed by atoms with Gasteiger partial charge in [0, 0.05) is 38.2 Å². The number of anilines is 1. The number of halogens is 3. The molecule has 5 nitrogen and oxygen atoms in total. The molecule has 0 aliphatic carbocycles. The Labute approximate surface area is 119 Å². The SMILES string of the molecule is OCC1CCCN(c2nccn3nc(C(F)(F)F)cc23)C1. The molecule has 8 heteroatoms. The van der Waals surface area contributed by atoms with Crippen molar-refractivity contribution in [1.29, 1.82) is 0 Å². The van der Waals surface area contributed by atoms with Crippen LogP contribution in [-0.4, -0.2) is 39.4 Å². The number of aliphatic hydroxyl groups is 1. The number of nitrogens with zero attached hydrogens (tertiary/aromatic N) is 4. The molecular weight excluding hydrogens is 285 g/mol. The molecular formula is C13H15F3N4O. The van der Waals surface area contributed by atoms with Crippen molar-refractivity contribution >= 4 is 11.3 Å². The van der Waals surface area contributed by atoms with Crippen molar-refractivity contribution in [1.82, 2.24) is 14.6 Å². The maximum atomic E-state index is 12.8. The van der Waals surface area contributed by atoms with Gasteiger partial charge in [-0.3, -0.25) is 0 Å². The average Bonchev–Trinajstić information content (AvgIpc) is 2.91. The molecule has 1 saturated heterocycles. The summed E-state index contributed by atoms with van der Waals surface area (Å²) in [5, 5.41) is 12.8. The molecule has 2 aromatic heterocycles. The molecule has 0 bridgehead atoms. The highest BCUT2D eigenvalue weighted by Gasteiger charge is 2.35. The molecule has 2 aromatic rings. The van der Waals surface area contributed by atoms with Gasteiger partial charge in [0.2, 0.25) is 0 Å². The predicted octanol–water partition coefficient (Wildman–Crippen LogP) is 1.96. The zero-order valence-corrected chi connectivity index (χ0v) is 11.2. The van der Waals surface area contributed by atoms with E-state index < -0.39 is 11.9 Å². The minimum Gasteiger partial charge on any atom is -0.396 e. The number of aliphatic hydroxyl groups excluding tert-OH is 1. The third kappa shape index (κ3) is 2.67. The van der Waals surface area contributed by atoms with Gasteiger partial charge >= 0.3 is 6.18 Å². The Morgan fingerprint density at radius 3 is 2.90 bits per heavy atom. The minimum atomic E-state index is -4.47. The van der Waals surface area contributed by atoms with Gasteiger partial charge in [0.05, 0.1) is 0 Å². The molecule has 1 aliphatic rings. The number of hydrogen-bond donors (Lipinski definition) is 1. The summed E-state index contributed by atoms with van der Waals surface area (Å²) in [6, 6.07) is 1.02. The first-order valence-electron chi connectivity index (χ1n) is 6.76. The predicted molar refractivity (Wildman–Crippen MR) is 70.0 cm³/mol. The average molecular weight is 300 g/mol. The van der Waals surface area contributed by atoms with Crippen LogP contribution in [-0.2, 0) is 6.18 Å². The third-order valence-corrected chi connectivity index (χ3v) is 3.74.